The number of nitrogens with one attached hydrogen (secondary N) is 1. The summed E-state index contributed by atoms with van der Waals surface area (Å²) in [6, 6.07) is 5.02. The fourth-order valence-corrected chi connectivity index (χ4v) is 2.72. The summed E-state index contributed by atoms with van der Waals surface area (Å²) >= 11 is 3.22. The minimum Gasteiger partial charge on any atom is -0.481 e. The van der Waals surface area contributed by atoms with Crippen molar-refractivity contribution in [1.29, 1.82) is 0 Å². The van der Waals surface area contributed by atoms with E-state index in [1.165, 1.54) is 6.07 Å². The lowest BCUT2D eigenvalue weighted by Crippen LogP contribution is -2.60. The summed E-state index contributed by atoms with van der Waals surface area (Å²) in [6.45, 7) is 2.89. The zero-order valence-electron chi connectivity index (χ0n) is 11.3. The van der Waals surface area contributed by atoms with Crippen molar-refractivity contribution in [2.24, 2.45) is 0 Å². The van der Waals surface area contributed by atoms with Gasteiger partial charge in [0.2, 0.25) is 0 Å². The summed E-state index contributed by atoms with van der Waals surface area (Å²) in [7, 11) is 1.63. The fourth-order valence-electron chi connectivity index (χ4n) is 2.37. The van der Waals surface area contributed by atoms with Crippen LogP contribution in [-0.2, 0) is 4.74 Å². The van der Waals surface area contributed by atoms with E-state index < -0.39 is 4.92 Å². The second-order valence-corrected chi connectivity index (χ2v) is 5.54. The number of rotatable bonds is 6. The molecule has 0 heterocycles. The van der Waals surface area contributed by atoms with Gasteiger partial charge in [0, 0.05) is 30.1 Å². The van der Waals surface area contributed by atoms with Crippen LogP contribution >= 0.6 is 15.9 Å². The highest BCUT2D eigenvalue weighted by Gasteiger charge is 2.43. The van der Waals surface area contributed by atoms with Crippen molar-refractivity contribution in [2.75, 3.05) is 13.7 Å². The van der Waals surface area contributed by atoms with Crippen molar-refractivity contribution in [3.05, 3.63) is 32.8 Å². The molecule has 20 heavy (non-hydrogen) atoms. The van der Waals surface area contributed by atoms with Crippen LogP contribution in [0.4, 0.5) is 5.69 Å². The van der Waals surface area contributed by atoms with Gasteiger partial charge in [-0.1, -0.05) is 22.9 Å². The molecule has 0 amide bonds. The van der Waals surface area contributed by atoms with Crippen LogP contribution < -0.4 is 10.1 Å². The highest BCUT2D eigenvalue weighted by molar-refractivity contribution is 9.10. The molecule has 2 rings (SSSR count). The zero-order chi connectivity index (χ0) is 14.7. The minimum absolute atomic E-state index is 0.0406. The van der Waals surface area contributed by atoms with E-state index in [1.807, 2.05) is 6.92 Å². The Morgan fingerprint density at radius 2 is 2.30 bits per heavy atom. The van der Waals surface area contributed by atoms with Gasteiger partial charge in [0.1, 0.15) is 12.2 Å². The highest BCUT2D eigenvalue weighted by atomic mass is 79.9. The normalized spacial score (nSPS) is 25.1. The highest BCUT2D eigenvalue weighted by Crippen LogP contribution is 2.35. The van der Waals surface area contributed by atoms with Crippen molar-refractivity contribution >= 4 is 21.6 Å². The van der Waals surface area contributed by atoms with Crippen molar-refractivity contribution in [3.63, 3.8) is 0 Å². The third-order valence-electron chi connectivity index (χ3n) is 3.38. The summed E-state index contributed by atoms with van der Waals surface area (Å²) < 4.78 is 11.8. The van der Waals surface area contributed by atoms with Crippen LogP contribution in [0.15, 0.2) is 22.7 Å². The van der Waals surface area contributed by atoms with Crippen molar-refractivity contribution in [2.45, 2.75) is 31.6 Å². The minimum atomic E-state index is -0.442. The van der Waals surface area contributed by atoms with E-state index in [0.717, 1.165) is 13.0 Å². The van der Waals surface area contributed by atoms with Gasteiger partial charge in [-0.05, 0) is 18.7 Å². The van der Waals surface area contributed by atoms with Crippen molar-refractivity contribution in [3.8, 4) is 5.75 Å². The smallest absolute Gasteiger partial charge is 0.312 e. The average Bonchev–Trinajstić information content (AvgIpc) is 2.39. The molecule has 0 bridgehead atoms. The number of ether oxygens (including phenoxy) is 2. The number of nitro groups is 1. The third kappa shape index (κ3) is 3.11. The molecule has 1 aromatic rings. The van der Waals surface area contributed by atoms with Gasteiger partial charge in [0.25, 0.3) is 0 Å². The first-order valence-electron chi connectivity index (χ1n) is 6.43. The Morgan fingerprint density at radius 1 is 1.55 bits per heavy atom. The number of hydrogen-bond donors (Lipinski definition) is 1. The molecule has 6 nitrogen and oxygen atoms in total. The molecule has 110 valence electrons. The number of halogens is 1. The van der Waals surface area contributed by atoms with Gasteiger partial charge in [-0.2, -0.15) is 0 Å². The largest absolute Gasteiger partial charge is 0.481 e. The lowest BCUT2D eigenvalue weighted by molar-refractivity contribution is -0.386. The number of nitrogens with zero attached hydrogens (tertiary/aromatic N) is 1. The van der Waals surface area contributed by atoms with E-state index >= 15 is 0 Å². The molecule has 1 aliphatic rings. The van der Waals surface area contributed by atoms with Gasteiger partial charge >= 0.3 is 5.69 Å². The molecule has 1 aliphatic carbocycles. The molecule has 3 atom stereocenters. The fraction of sp³-hybridized carbons (Fsp3) is 0.538. The maximum Gasteiger partial charge on any atom is 0.312 e. The first-order chi connectivity index (χ1) is 9.56. The quantitative estimate of drug-likeness (QED) is 0.633. The molecular formula is C13H17BrN2O4. The third-order valence-corrected chi connectivity index (χ3v) is 3.88. The standard InChI is InChI=1S/C13H17BrN2O4/c1-3-15-9-7-12(13(9)19-2)20-11-5-4-8(14)6-10(11)16(17)18/h4-6,9,12-13,15H,3,7H2,1-2H3. The zero-order valence-corrected chi connectivity index (χ0v) is 12.9. The number of methoxy groups -OCH3 is 1. The molecule has 0 spiro atoms. The molecule has 1 aromatic carbocycles. The topological polar surface area (TPSA) is 73.6 Å². The Kier molecular flexibility index (Phi) is 4.95. The predicted molar refractivity (Wildman–Crippen MR) is 78.1 cm³/mol. The summed E-state index contributed by atoms with van der Waals surface area (Å²) in [5.74, 6) is 0.278. The molecule has 1 fully saturated rings. The Bertz CT molecular complexity index is 497. The predicted octanol–water partition coefficient (Wildman–Crippen LogP) is 2.50. The van der Waals surface area contributed by atoms with Gasteiger partial charge in [0.05, 0.1) is 4.92 Å². The van der Waals surface area contributed by atoms with E-state index in [-0.39, 0.29) is 29.7 Å². The molecule has 1 N–H and O–H groups in total. The SMILES string of the molecule is CCNC1CC(Oc2ccc(Br)cc2[N+](=O)[O-])C1OC. The van der Waals surface area contributed by atoms with E-state index in [9.17, 15) is 10.1 Å². The van der Waals surface area contributed by atoms with Gasteiger partial charge < -0.3 is 14.8 Å². The van der Waals surface area contributed by atoms with E-state index in [2.05, 4.69) is 21.2 Å². The van der Waals surface area contributed by atoms with Crippen LogP contribution in [0.25, 0.3) is 0 Å². The Balaban J connectivity index is 2.09. The van der Waals surface area contributed by atoms with E-state index in [4.69, 9.17) is 9.47 Å². The lowest BCUT2D eigenvalue weighted by atomic mass is 9.85. The second kappa shape index (κ2) is 6.51. The van der Waals surface area contributed by atoms with E-state index in [0.29, 0.717) is 4.47 Å². The first kappa shape index (κ1) is 15.2. The molecule has 0 aromatic heterocycles. The van der Waals surface area contributed by atoms with Gasteiger partial charge in [-0.15, -0.1) is 0 Å². The van der Waals surface area contributed by atoms with Crippen molar-refractivity contribution in [1.82, 2.24) is 5.32 Å². The summed E-state index contributed by atoms with van der Waals surface area (Å²) in [4.78, 5) is 10.6. The maximum atomic E-state index is 11.0. The molecule has 0 radical (unpaired) electrons. The Labute approximate surface area is 125 Å². The van der Waals surface area contributed by atoms with Crippen LogP contribution in [0.1, 0.15) is 13.3 Å². The molecule has 1 saturated carbocycles. The van der Waals surface area contributed by atoms with Crippen LogP contribution in [0, 0.1) is 10.1 Å². The molecule has 7 heteroatoms. The summed E-state index contributed by atoms with van der Waals surface area (Å²) in [6.07, 6.45) is 0.529. The summed E-state index contributed by atoms with van der Waals surface area (Å²) in [5, 5.41) is 14.3. The van der Waals surface area contributed by atoms with Crippen LogP contribution in [0.2, 0.25) is 0 Å². The number of benzene rings is 1. The number of likely N-dealkylation sites (N-methyl/N-ethyl adjacent to an activating group) is 1. The van der Waals surface area contributed by atoms with Crippen molar-refractivity contribution < 1.29 is 14.4 Å². The monoisotopic (exact) mass is 344 g/mol. The molecule has 0 saturated heterocycles. The second-order valence-electron chi connectivity index (χ2n) is 4.63. The maximum absolute atomic E-state index is 11.0. The van der Waals surface area contributed by atoms with Gasteiger partial charge in [-0.25, -0.2) is 0 Å². The van der Waals surface area contributed by atoms with Gasteiger partial charge in [0.15, 0.2) is 5.75 Å². The molecule has 0 aliphatic heterocycles. The van der Waals surface area contributed by atoms with Crippen LogP contribution in [-0.4, -0.2) is 36.8 Å². The Hall–Kier alpha value is -1.18. The summed E-state index contributed by atoms with van der Waals surface area (Å²) in [5.41, 5.74) is -0.0406. The molecular weight excluding hydrogens is 328 g/mol. The van der Waals surface area contributed by atoms with Crippen LogP contribution in [0.3, 0.4) is 0 Å². The Morgan fingerprint density at radius 3 is 2.90 bits per heavy atom. The number of nitro benzene ring substituents is 1. The first-order valence-corrected chi connectivity index (χ1v) is 7.23. The average molecular weight is 345 g/mol. The molecule has 3 unspecified atom stereocenters. The van der Waals surface area contributed by atoms with Crippen LogP contribution in [0.5, 0.6) is 5.75 Å². The van der Waals surface area contributed by atoms with Gasteiger partial charge in [-0.3, -0.25) is 10.1 Å². The van der Waals surface area contributed by atoms with E-state index in [1.54, 1.807) is 19.2 Å². The number of hydrogen-bond acceptors (Lipinski definition) is 5. The lowest BCUT2D eigenvalue weighted by Gasteiger charge is -2.43.